The van der Waals surface area contributed by atoms with E-state index in [9.17, 15) is 0 Å². The van der Waals surface area contributed by atoms with E-state index < -0.39 is 0 Å². The fourth-order valence-corrected chi connectivity index (χ4v) is 2.61. The van der Waals surface area contributed by atoms with E-state index in [2.05, 4.69) is 41.1 Å². The van der Waals surface area contributed by atoms with Gasteiger partial charge in [-0.15, -0.1) is 0 Å². The van der Waals surface area contributed by atoms with Crippen LogP contribution in [0.2, 0.25) is 0 Å². The van der Waals surface area contributed by atoms with E-state index in [1.54, 1.807) is 0 Å². The van der Waals surface area contributed by atoms with Crippen molar-refractivity contribution in [3.63, 3.8) is 0 Å². The van der Waals surface area contributed by atoms with Gasteiger partial charge in [-0.3, -0.25) is 0 Å². The van der Waals surface area contributed by atoms with E-state index >= 15 is 0 Å². The van der Waals surface area contributed by atoms with Crippen molar-refractivity contribution < 1.29 is 0 Å². The van der Waals surface area contributed by atoms with Crippen molar-refractivity contribution >= 4 is 16.7 Å². The zero-order valence-electron chi connectivity index (χ0n) is 10.9. The van der Waals surface area contributed by atoms with Gasteiger partial charge in [-0.25, -0.2) is 9.97 Å². The van der Waals surface area contributed by atoms with Crippen LogP contribution in [0.15, 0.2) is 24.3 Å². The van der Waals surface area contributed by atoms with E-state index in [0.717, 1.165) is 36.7 Å². The molecule has 3 rings (SSSR count). The normalized spacial score (nSPS) is 16.2. The van der Waals surface area contributed by atoms with Gasteiger partial charge in [-0.2, -0.15) is 0 Å². The minimum absolute atomic E-state index is 0.895. The lowest BCUT2D eigenvalue weighted by Crippen LogP contribution is -2.30. The highest BCUT2D eigenvalue weighted by molar-refractivity contribution is 5.89. The maximum absolute atomic E-state index is 4.76. The summed E-state index contributed by atoms with van der Waals surface area (Å²) >= 11 is 0. The van der Waals surface area contributed by atoms with Gasteiger partial charge in [0.05, 0.1) is 5.52 Å². The fraction of sp³-hybridized carbons (Fsp3) is 0.467. The topological polar surface area (TPSA) is 29.0 Å². The van der Waals surface area contributed by atoms with E-state index in [1.165, 1.54) is 24.6 Å². The molecule has 1 aliphatic rings. The number of para-hydroxylation sites is 1. The Morgan fingerprint density at radius 2 is 1.83 bits per heavy atom. The van der Waals surface area contributed by atoms with Gasteiger partial charge in [-0.1, -0.05) is 19.1 Å². The van der Waals surface area contributed by atoms with Crippen molar-refractivity contribution in [2.45, 2.75) is 32.6 Å². The van der Waals surface area contributed by atoms with E-state index in [1.807, 2.05) is 0 Å². The Morgan fingerprint density at radius 3 is 2.61 bits per heavy atom. The van der Waals surface area contributed by atoms with Crippen LogP contribution >= 0.6 is 0 Å². The minimum atomic E-state index is 0.895. The number of benzene rings is 1. The zero-order chi connectivity index (χ0) is 12.4. The van der Waals surface area contributed by atoms with Gasteiger partial charge < -0.3 is 4.90 Å². The van der Waals surface area contributed by atoms with Crippen molar-refractivity contribution in [3.05, 3.63) is 30.1 Å². The molecule has 1 aromatic heterocycles. The first kappa shape index (κ1) is 11.5. The average Bonchev–Trinajstić information content (AvgIpc) is 2.47. The molecule has 0 bridgehead atoms. The molecule has 0 saturated carbocycles. The zero-order valence-corrected chi connectivity index (χ0v) is 10.9. The van der Waals surface area contributed by atoms with Crippen LogP contribution < -0.4 is 4.90 Å². The Kier molecular flexibility index (Phi) is 3.13. The van der Waals surface area contributed by atoms with Crippen molar-refractivity contribution in [2.75, 3.05) is 18.0 Å². The lowest BCUT2D eigenvalue weighted by Gasteiger charge is -2.28. The van der Waals surface area contributed by atoms with E-state index in [-0.39, 0.29) is 0 Å². The predicted molar refractivity (Wildman–Crippen MR) is 75.0 cm³/mol. The standard InChI is InChI=1S/C15H19N3/c1-2-14-16-13-9-5-4-8-12(13)15(17-14)18-10-6-3-7-11-18/h4-5,8-9H,2-3,6-7,10-11H2,1H3. The summed E-state index contributed by atoms with van der Waals surface area (Å²) in [5.74, 6) is 2.09. The van der Waals surface area contributed by atoms with Crippen molar-refractivity contribution in [1.82, 2.24) is 9.97 Å². The smallest absolute Gasteiger partial charge is 0.140 e. The van der Waals surface area contributed by atoms with Crippen LogP contribution in [-0.4, -0.2) is 23.1 Å². The summed E-state index contributed by atoms with van der Waals surface area (Å²) in [4.78, 5) is 11.8. The predicted octanol–water partition coefficient (Wildman–Crippen LogP) is 3.18. The van der Waals surface area contributed by atoms with E-state index in [0.29, 0.717) is 0 Å². The van der Waals surface area contributed by atoms with Gasteiger partial charge in [-0.05, 0) is 31.4 Å². The summed E-state index contributed by atoms with van der Waals surface area (Å²) in [5, 5.41) is 1.19. The van der Waals surface area contributed by atoms with Gasteiger partial charge in [0.25, 0.3) is 0 Å². The summed E-state index contributed by atoms with van der Waals surface area (Å²) in [7, 11) is 0. The first-order valence-electron chi connectivity index (χ1n) is 6.89. The summed E-state index contributed by atoms with van der Waals surface area (Å²) in [6.45, 7) is 4.37. The number of aromatic nitrogens is 2. The maximum atomic E-state index is 4.76. The molecule has 18 heavy (non-hydrogen) atoms. The number of piperidine rings is 1. The third-order valence-corrected chi connectivity index (χ3v) is 3.60. The number of hydrogen-bond donors (Lipinski definition) is 0. The summed E-state index contributed by atoms with van der Waals surface area (Å²) < 4.78 is 0. The van der Waals surface area contributed by atoms with Crippen molar-refractivity contribution in [3.8, 4) is 0 Å². The molecule has 94 valence electrons. The largest absolute Gasteiger partial charge is 0.356 e. The molecule has 0 unspecified atom stereocenters. The van der Waals surface area contributed by atoms with Crippen LogP contribution in [0.3, 0.4) is 0 Å². The number of rotatable bonds is 2. The van der Waals surface area contributed by atoms with Gasteiger partial charge in [0, 0.05) is 24.9 Å². The quantitative estimate of drug-likeness (QED) is 0.808. The number of aryl methyl sites for hydroxylation is 1. The molecule has 2 heterocycles. The SMILES string of the molecule is CCc1nc(N2CCCCC2)c2ccccc2n1. The molecule has 2 aromatic rings. The molecule has 1 fully saturated rings. The number of anilines is 1. The molecule has 0 amide bonds. The highest BCUT2D eigenvalue weighted by Gasteiger charge is 2.16. The molecule has 1 aromatic carbocycles. The molecule has 0 atom stereocenters. The molecule has 1 saturated heterocycles. The molecule has 1 aliphatic heterocycles. The molecule has 3 heteroatoms. The van der Waals surface area contributed by atoms with Gasteiger partial charge in [0.1, 0.15) is 11.6 Å². The van der Waals surface area contributed by atoms with Crippen LogP contribution in [0.4, 0.5) is 5.82 Å². The lowest BCUT2D eigenvalue weighted by molar-refractivity contribution is 0.574. The van der Waals surface area contributed by atoms with Crippen LogP contribution in [0.25, 0.3) is 10.9 Å². The van der Waals surface area contributed by atoms with Crippen molar-refractivity contribution in [1.29, 1.82) is 0 Å². The molecule has 3 nitrogen and oxygen atoms in total. The highest BCUT2D eigenvalue weighted by Crippen LogP contribution is 2.26. The third kappa shape index (κ3) is 2.05. The van der Waals surface area contributed by atoms with Crippen LogP contribution in [0.1, 0.15) is 32.0 Å². The van der Waals surface area contributed by atoms with Gasteiger partial charge in [0.15, 0.2) is 0 Å². The van der Waals surface area contributed by atoms with Crippen molar-refractivity contribution in [2.24, 2.45) is 0 Å². The Bertz CT molecular complexity index is 544. The van der Waals surface area contributed by atoms with E-state index in [4.69, 9.17) is 4.98 Å². The molecule has 0 spiro atoms. The summed E-state index contributed by atoms with van der Waals surface area (Å²) in [6.07, 6.45) is 4.80. The average molecular weight is 241 g/mol. The Balaban J connectivity index is 2.12. The second kappa shape index (κ2) is 4.92. The van der Waals surface area contributed by atoms with Gasteiger partial charge >= 0.3 is 0 Å². The third-order valence-electron chi connectivity index (χ3n) is 3.60. The van der Waals surface area contributed by atoms with Gasteiger partial charge in [0.2, 0.25) is 0 Å². The Labute approximate surface area is 108 Å². The lowest BCUT2D eigenvalue weighted by atomic mass is 10.1. The molecular weight excluding hydrogens is 222 g/mol. The second-order valence-electron chi connectivity index (χ2n) is 4.88. The monoisotopic (exact) mass is 241 g/mol. The second-order valence-corrected chi connectivity index (χ2v) is 4.88. The molecule has 0 N–H and O–H groups in total. The Morgan fingerprint density at radius 1 is 1.06 bits per heavy atom. The first-order valence-corrected chi connectivity index (χ1v) is 6.89. The fourth-order valence-electron chi connectivity index (χ4n) is 2.61. The summed E-state index contributed by atoms with van der Waals surface area (Å²) in [5.41, 5.74) is 1.07. The number of hydrogen-bond acceptors (Lipinski definition) is 3. The minimum Gasteiger partial charge on any atom is -0.356 e. The summed E-state index contributed by atoms with van der Waals surface area (Å²) in [6, 6.07) is 8.35. The molecule has 0 radical (unpaired) electrons. The van der Waals surface area contributed by atoms with Crippen LogP contribution in [0.5, 0.6) is 0 Å². The highest BCUT2D eigenvalue weighted by atomic mass is 15.2. The molecular formula is C15H19N3. The van der Waals surface area contributed by atoms with Crippen LogP contribution in [0, 0.1) is 0 Å². The number of nitrogens with zero attached hydrogens (tertiary/aromatic N) is 3. The Hall–Kier alpha value is -1.64. The maximum Gasteiger partial charge on any atom is 0.140 e. The number of fused-ring (bicyclic) bond motifs is 1. The molecule has 0 aliphatic carbocycles. The first-order chi connectivity index (χ1) is 8.88. The van der Waals surface area contributed by atoms with Crippen LogP contribution in [-0.2, 0) is 6.42 Å².